The number of hydrogen-bond donors (Lipinski definition) is 3. The van der Waals surface area contributed by atoms with Crippen molar-refractivity contribution >= 4 is 29.1 Å². The van der Waals surface area contributed by atoms with E-state index in [2.05, 4.69) is 20.9 Å². The lowest BCUT2D eigenvalue weighted by atomic mass is 9.95. The number of nitrogens with one attached hydrogen (secondary N) is 3. The van der Waals surface area contributed by atoms with Gasteiger partial charge in [-0.25, -0.2) is 0 Å². The molecule has 28 heavy (non-hydrogen) atoms. The molecule has 0 bridgehead atoms. The second-order valence-electron chi connectivity index (χ2n) is 6.95. The summed E-state index contributed by atoms with van der Waals surface area (Å²) in [6.07, 6.45) is 6.93. The van der Waals surface area contributed by atoms with Gasteiger partial charge in [0.1, 0.15) is 5.69 Å². The van der Waals surface area contributed by atoms with E-state index in [1.54, 1.807) is 30.3 Å². The molecule has 0 aliphatic heterocycles. The number of rotatable bonds is 5. The Morgan fingerprint density at radius 2 is 1.64 bits per heavy atom. The van der Waals surface area contributed by atoms with Crippen molar-refractivity contribution in [1.29, 1.82) is 0 Å². The van der Waals surface area contributed by atoms with Gasteiger partial charge in [-0.2, -0.15) is 0 Å². The fourth-order valence-corrected chi connectivity index (χ4v) is 3.28. The van der Waals surface area contributed by atoms with E-state index in [-0.39, 0.29) is 23.6 Å². The molecular formula is C21H24N4O3. The molecular weight excluding hydrogens is 356 g/mol. The van der Waals surface area contributed by atoms with Gasteiger partial charge in [0.2, 0.25) is 5.91 Å². The van der Waals surface area contributed by atoms with Crippen LogP contribution in [-0.2, 0) is 4.79 Å². The Hall–Kier alpha value is -3.22. The maximum absolute atomic E-state index is 12.5. The lowest BCUT2D eigenvalue weighted by Gasteiger charge is -2.22. The molecule has 3 amide bonds. The van der Waals surface area contributed by atoms with E-state index in [0.717, 1.165) is 25.7 Å². The van der Waals surface area contributed by atoms with Crippen LogP contribution in [0.15, 0.2) is 42.6 Å². The van der Waals surface area contributed by atoms with Crippen molar-refractivity contribution in [2.75, 3.05) is 10.6 Å². The second kappa shape index (κ2) is 9.12. The van der Waals surface area contributed by atoms with Crippen molar-refractivity contribution in [3.05, 3.63) is 53.9 Å². The van der Waals surface area contributed by atoms with E-state index in [1.165, 1.54) is 25.6 Å². The summed E-state index contributed by atoms with van der Waals surface area (Å²) in [5.74, 6) is -0.801. The number of carbonyl (C=O) groups excluding carboxylic acids is 3. The molecule has 146 valence electrons. The molecule has 0 spiro atoms. The quantitative estimate of drug-likeness (QED) is 0.740. The van der Waals surface area contributed by atoms with Gasteiger partial charge in [0.25, 0.3) is 11.8 Å². The highest BCUT2D eigenvalue weighted by Crippen LogP contribution is 2.18. The van der Waals surface area contributed by atoms with Crippen molar-refractivity contribution in [3.8, 4) is 0 Å². The largest absolute Gasteiger partial charge is 0.349 e. The third-order valence-corrected chi connectivity index (χ3v) is 4.64. The van der Waals surface area contributed by atoms with Crippen molar-refractivity contribution < 1.29 is 14.4 Å². The number of carbonyl (C=O) groups is 3. The van der Waals surface area contributed by atoms with Crippen LogP contribution in [0.1, 0.15) is 59.9 Å². The minimum absolute atomic E-state index is 0.154. The first-order chi connectivity index (χ1) is 13.5. The van der Waals surface area contributed by atoms with Crippen LogP contribution in [0.2, 0.25) is 0 Å². The van der Waals surface area contributed by atoms with Gasteiger partial charge >= 0.3 is 0 Å². The lowest BCUT2D eigenvalue weighted by molar-refractivity contribution is -0.114. The number of nitrogens with zero attached hydrogens (tertiary/aromatic N) is 1. The second-order valence-corrected chi connectivity index (χ2v) is 6.95. The van der Waals surface area contributed by atoms with E-state index < -0.39 is 5.91 Å². The standard InChI is InChI=1S/C21H24N4O3/c1-14(26)23-17-8-5-9-18(13-17)25-21(28)19-12-15(10-11-22-19)20(27)24-16-6-3-2-4-7-16/h5,8-13,16H,2-4,6-7H2,1H3,(H,23,26)(H,24,27)(H,25,28). The third kappa shape index (κ3) is 5.39. The summed E-state index contributed by atoms with van der Waals surface area (Å²) in [7, 11) is 0. The van der Waals surface area contributed by atoms with Gasteiger partial charge in [-0.05, 0) is 43.2 Å². The summed E-state index contributed by atoms with van der Waals surface area (Å²) in [5, 5.41) is 8.44. The molecule has 7 heteroatoms. The van der Waals surface area contributed by atoms with E-state index in [0.29, 0.717) is 16.9 Å². The van der Waals surface area contributed by atoms with Crippen LogP contribution >= 0.6 is 0 Å². The molecule has 3 rings (SSSR count). The van der Waals surface area contributed by atoms with Gasteiger partial charge in [0.15, 0.2) is 0 Å². The minimum Gasteiger partial charge on any atom is -0.349 e. The fraction of sp³-hybridized carbons (Fsp3) is 0.333. The molecule has 1 aliphatic rings. The molecule has 3 N–H and O–H groups in total. The third-order valence-electron chi connectivity index (χ3n) is 4.64. The number of amides is 3. The smallest absolute Gasteiger partial charge is 0.274 e. The van der Waals surface area contributed by atoms with Crippen LogP contribution in [-0.4, -0.2) is 28.7 Å². The van der Waals surface area contributed by atoms with E-state index in [9.17, 15) is 14.4 Å². The SMILES string of the molecule is CC(=O)Nc1cccc(NC(=O)c2cc(C(=O)NC3CCCCC3)ccn2)c1. The molecule has 0 radical (unpaired) electrons. The molecule has 1 aromatic carbocycles. The molecule has 2 aromatic rings. The normalized spacial score (nSPS) is 14.2. The highest BCUT2D eigenvalue weighted by molar-refractivity contribution is 6.05. The predicted molar refractivity (Wildman–Crippen MR) is 107 cm³/mol. The summed E-state index contributed by atoms with van der Waals surface area (Å²) in [6.45, 7) is 1.42. The van der Waals surface area contributed by atoms with Crippen molar-refractivity contribution in [1.82, 2.24) is 10.3 Å². The molecule has 0 atom stereocenters. The van der Waals surface area contributed by atoms with Gasteiger partial charge in [-0.3, -0.25) is 19.4 Å². The highest BCUT2D eigenvalue weighted by Gasteiger charge is 2.18. The Bertz CT molecular complexity index is 875. The molecule has 7 nitrogen and oxygen atoms in total. The molecule has 1 saturated carbocycles. The summed E-state index contributed by atoms with van der Waals surface area (Å²) >= 11 is 0. The van der Waals surface area contributed by atoms with Gasteiger partial charge in [0.05, 0.1) is 0 Å². The minimum atomic E-state index is -0.424. The Morgan fingerprint density at radius 1 is 0.929 bits per heavy atom. The number of benzene rings is 1. The number of aromatic nitrogens is 1. The molecule has 0 unspecified atom stereocenters. The van der Waals surface area contributed by atoms with Crippen LogP contribution in [0.3, 0.4) is 0 Å². The highest BCUT2D eigenvalue weighted by atomic mass is 16.2. The molecule has 1 fully saturated rings. The van der Waals surface area contributed by atoms with Crippen LogP contribution in [0.25, 0.3) is 0 Å². The first kappa shape index (κ1) is 19.5. The van der Waals surface area contributed by atoms with Crippen LogP contribution in [0, 0.1) is 0 Å². The van der Waals surface area contributed by atoms with E-state index in [4.69, 9.17) is 0 Å². The monoisotopic (exact) mass is 380 g/mol. The topological polar surface area (TPSA) is 100 Å². The van der Waals surface area contributed by atoms with Gasteiger partial charge in [-0.15, -0.1) is 0 Å². The zero-order chi connectivity index (χ0) is 19.9. The van der Waals surface area contributed by atoms with Crippen LogP contribution < -0.4 is 16.0 Å². The van der Waals surface area contributed by atoms with Crippen LogP contribution in [0.4, 0.5) is 11.4 Å². The average Bonchev–Trinajstić information content (AvgIpc) is 2.68. The summed E-state index contributed by atoms with van der Waals surface area (Å²) < 4.78 is 0. The van der Waals surface area contributed by atoms with Crippen LogP contribution in [0.5, 0.6) is 0 Å². The zero-order valence-electron chi connectivity index (χ0n) is 15.8. The summed E-state index contributed by atoms with van der Waals surface area (Å²) in [4.78, 5) is 40.2. The number of hydrogen-bond acceptors (Lipinski definition) is 4. The number of anilines is 2. The summed E-state index contributed by atoms with van der Waals surface area (Å²) in [5.41, 5.74) is 1.67. The first-order valence-electron chi connectivity index (χ1n) is 9.47. The Kier molecular flexibility index (Phi) is 6.37. The maximum atomic E-state index is 12.5. The Morgan fingerprint density at radius 3 is 2.36 bits per heavy atom. The van der Waals surface area contributed by atoms with Gasteiger partial charge in [0, 0.05) is 36.1 Å². The van der Waals surface area contributed by atoms with Crippen molar-refractivity contribution in [3.63, 3.8) is 0 Å². The summed E-state index contributed by atoms with van der Waals surface area (Å²) in [6, 6.07) is 10.1. The van der Waals surface area contributed by atoms with Gasteiger partial charge in [-0.1, -0.05) is 25.3 Å². The van der Waals surface area contributed by atoms with Crippen molar-refractivity contribution in [2.45, 2.75) is 45.1 Å². The first-order valence-corrected chi connectivity index (χ1v) is 9.47. The molecule has 1 heterocycles. The fourth-order valence-electron chi connectivity index (χ4n) is 3.28. The zero-order valence-corrected chi connectivity index (χ0v) is 15.8. The average molecular weight is 380 g/mol. The Labute approximate surface area is 163 Å². The molecule has 1 aromatic heterocycles. The van der Waals surface area contributed by atoms with E-state index >= 15 is 0 Å². The number of pyridine rings is 1. The predicted octanol–water partition coefficient (Wildman–Crippen LogP) is 3.35. The maximum Gasteiger partial charge on any atom is 0.274 e. The van der Waals surface area contributed by atoms with E-state index in [1.807, 2.05) is 0 Å². The molecule has 0 saturated heterocycles. The Balaban J connectivity index is 1.66. The van der Waals surface area contributed by atoms with Gasteiger partial charge < -0.3 is 16.0 Å². The molecule has 1 aliphatic carbocycles. The lowest BCUT2D eigenvalue weighted by Crippen LogP contribution is -2.36. The van der Waals surface area contributed by atoms with Crippen molar-refractivity contribution in [2.24, 2.45) is 0 Å².